The van der Waals surface area contributed by atoms with Gasteiger partial charge < -0.3 is 0 Å². The molecule has 0 amide bonds. The minimum absolute atomic E-state index is 0.00416. The lowest BCUT2D eigenvalue weighted by atomic mass is 10.1. The molecule has 7 heteroatoms. The predicted octanol–water partition coefficient (Wildman–Crippen LogP) is 5.94. The maximum absolute atomic E-state index is 13.6. The summed E-state index contributed by atoms with van der Waals surface area (Å²) in [6.45, 7) is 2.16. The molecule has 2 nitrogen and oxygen atoms in total. The Hall–Kier alpha value is -1.11. The molecule has 0 bridgehead atoms. The zero-order valence-electron chi connectivity index (χ0n) is 14.6. The van der Waals surface area contributed by atoms with E-state index < -0.39 is 43.8 Å². The van der Waals surface area contributed by atoms with Gasteiger partial charge in [0.15, 0.2) is 33.1 Å². The van der Waals surface area contributed by atoms with Gasteiger partial charge >= 0.3 is 0 Å². The van der Waals surface area contributed by atoms with Crippen LogP contribution in [0.2, 0.25) is 0 Å². The number of benzene rings is 1. The van der Waals surface area contributed by atoms with E-state index in [4.69, 9.17) is 0 Å². The molecule has 0 saturated heterocycles. The molecule has 0 unspecified atom stereocenters. The Bertz CT molecular complexity index is 619. The summed E-state index contributed by atoms with van der Waals surface area (Å²) in [5.74, 6) is -7.65. The second-order valence-corrected chi connectivity index (χ2v) is 8.34. The average molecular weight is 382 g/mol. The molecule has 0 fully saturated rings. The first-order chi connectivity index (χ1) is 11.8. The number of sulfone groups is 1. The fraction of sp³-hybridized carbons (Fsp3) is 0.667. The van der Waals surface area contributed by atoms with Crippen molar-refractivity contribution in [3.8, 4) is 0 Å². The first-order valence-corrected chi connectivity index (χ1v) is 10.5. The van der Waals surface area contributed by atoms with Crippen LogP contribution in [0.4, 0.5) is 17.6 Å². The molecule has 0 heterocycles. The SMILES string of the molecule is CCCCCCCCCCCCS(=O)(=O)c1c(F)c(F)cc(F)c1F. The Morgan fingerprint density at radius 1 is 0.720 bits per heavy atom. The fourth-order valence-electron chi connectivity index (χ4n) is 2.71. The number of rotatable bonds is 12. The molecule has 0 atom stereocenters. The summed E-state index contributed by atoms with van der Waals surface area (Å²) in [6, 6.07) is 0.00416. The second-order valence-electron chi connectivity index (χ2n) is 6.30. The van der Waals surface area contributed by atoms with Gasteiger partial charge in [-0.25, -0.2) is 26.0 Å². The van der Waals surface area contributed by atoms with E-state index in [2.05, 4.69) is 6.92 Å². The van der Waals surface area contributed by atoms with Crippen molar-refractivity contribution < 1.29 is 26.0 Å². The molecule has 0 aliphatic heterocycles. The van der Waals surface area contributed by atoms with E-state index in [1.165, 1.54) is 25.7 Å². The van der Waals surface area contributed by atoms with E-state index in [1.807, 2.05) is 0 Å². The molecule has 0 saturated carbocycles. The smallest absolute Gasteiger partial charge is 0.184 e. The van der Waals surface area contributed by atoms with Crippen LogP contribution in [0, 0.1) is 23.3 Å². The summed E-state index contributed by atoms with van der Waals surface area (Å²) < 4.78 is 77.4. The van der Waals surface area contributed by atoms with Gasteiger partial charge in [0, 0.05) is 6.07 Å². The number of unbranched alkanes of at least 4 members (excludes halogenated alkanes) is 9. The highest BCUT2D eigenvalue weighted by atomic mass is 32.2. The summed E-state index contributed by atoms with van der Waals surface area (Å²) in [7, 11) is -4.40. The van der Waals surface area contributed by atoms with Crippen molar-refractivity contribution in [2.75, 3.05) is 5.75 Å². The molecule has 1 rings (SSSR count). The Morgan fingerprint density at radius 3 is 1.56 bits per heavy atom. The highest BCUT2D eigenvalue weighted by Crippen LogP contribution is 2.25. The quantitative estimate of drug-likeness (QED) is 0.255. The van der Waals surface area contributed by atoms with Gasteiger partial charge in [-0.3, -0.25) is 0 Å². The molecular formula is C18H26F4O2S. The minimum atomic E-state index is -4.40. The highest BCUT2D eigenvalue weighted by Gasteiger charge is 2.29. The molecule has 0 aliphatic rings. The van der Waals surface area contributed by atoms with Crippen molar-refractivity contribution >= 4 is 9.84 Å². The summed E-state index contributed by atoms with van der Waals surface area (Å²) in [6.07, 6.45) is 9.70. The van der Waals surface area contributed by atoms with E-state index in [0.717, 1.165) is 25.7 Å². The van der Waals surface area contributed by atoms with E-state index in [1.54, 1.807) is 0 Å². The van der Waals surface area contributed by atoms with Crippen LogP contribution < -0.4 is 0 Å². The van der Waals surface area contributed by atoms with Crippen LogP contribution in [0.1, 0.15) is 71.1 Å². The molecule has 0 spiro atoms. The van der Waals surface area contributed by atoms with E-state index in [0.29, 0.717) is 6.42 Å². The van der Waals surface area contributed by atoms with Crippen LogP contribution in [0.25, 0.3) is 0 Å². The summed E-state index contributed by atoms with van der Waals surface area (Å²) >= 11 is 0. The first kappa shape index (κ1) is 21.9. The molecule has 144 valence electrons. The zero-order chi connectivity index (χ0) is 18.9. The maximum Gasteiger partial charge on any atom is 0.184 e. The number of hydrogen-bond donors (Lipinski definition) is 0. The molecule has 25 heavy (non-hydrogen) atoms. The molecule has 0 aromatic heterocycles. The van der Waals surface area contributed by atoms with Crippen molar-refractivity contribution in [2.45, 2.75) is 76.0 Å². The van der Waals surface area contributed by atoms with Crippen LogP contribution in [0.5, 0.6) is 0 Å². The number of halogens is 4. The van der Waals surface area contributed by atoms with Gasteiger partial charge in [0.25, 0.3) is 0 Å². The fourth-order valence-corrected chi connectivity index (χ4v) is 4.24. The lowest BCUT2D eigenvalue weighted by Crippen LogP contribution is -2.14. The van der Waals surface area contributed by atoms with Crippen LogP contribution in [-0.4, -0.2) is 14.2 Å². The largest absolute Gasteiger partial charge is 0.223 e. The van der Waals surface area contributed by atoms with Gasteiger partial charge in [0.2, 0.25) is 0 Å². The molecule has 1 aromatic carbocycles. The van der Waals surface area contributed by atoms with Crippen molar-refractivity contribution in [1.82, 2.24) is 0 Å². The summed E-state index contributed by atoms with van der Waals surface area (Å²) in [4.78, 5) is -1.50. The topological polar surface area (TPSA) is 34.1 Å². The van der Waals surface area contributed by atoms with E-state index in [-0.39, 0.29) is 12.5 Å². The Labute approximate surface area is 147 Å². The predicted molar refractivity (Wildman–Crippen MR) is 90.2 cm³/mol. The van der Waals surface area contributed by atoms with Gasteiger partial charge in [-0.2, -0.15) is 0 Å². The monoisotopic (exact) mass is 382 g/mol. The van der Waals surface area contributed by atoms with E-state index in [9.17, 15) is 26.0 Å². The number of hydrogen-bond acceptors (Lipinski definition) is 2. The standard InChI is InChI=1S/C18H26F4O2S/c1-2-3-4-5-6-7-8-9-10-11-12-25(23,24)18-16(21)14(19)13-15(20)17(18)22/h13H,2-12H2,1H3. The first-order valence-electron chi connectivity index (χ1n) is 8.87. The van der Waals surface area contributed by atoms with Crippen molar-refractivity contribution in [3.05, 3.63) is 29.3 Å². The Kier molecular flexibility index (Phi) is 9.46. The van der Waals surface area contributed by atoms with Gasteiger partial charge in [0.1, 0.15) is 4.90 Å². The lowest BCUT2D eigenvalue weighted by molar-refractivity contribution is 0.419. The normalized spacial score (nSPS) is 11.9. The maximum atomic E-state index is 13.6. The lowest BCUT2D eigenvalue weighted by Gasteiger charge is -2.08. The van der Waals surface area contributed by atoms with Gasteiger partial charge in [-0.05, 0) is 6.42 Å². The van der Waals surface area contributed by atoms with Crippen LogP contribution in [0.3, 0.4) is 0 Å². The average Bonchev–Trinajstić information content (AvgIpc) is 2.54. The van der Waals surface area contributed by atoms with E-state index >= 15 is 0 Å². The van der Waals surface area contributed by atoms with Gasteiger partial charge in [-0.1, -0.05) is 64.7 Å². The highest BCUT2D eigenvalue weighted by molar-refractivity contribution is 7.91. The third-order valence-corrected chi connectivity index (χ3v) is 5.96. The van der Waals surface area contributed by atoms with Crippen LogP contribution >= 0.6 is 0 Å². The van der Waals surface area contributed by atoms with Gasteiger partial charge in [0.05, 0.1) is 5.75 Å². The Balaban J connectivity index is 2.40. The van der Waals surface area contributed by atoms with Crippen molar-refractivity contribution in [2.24, 2.45) is 0 Å². The third-order valence-electron chi connectivity index (χ3n) is 4.15. The second kappa shape index (κ2) is 10.8. The summed E-state index contributed by atoms with van der Waals surface area (Å²) in [5.41, 5.74) is 0. The van der Waals surface area contributed by atoms with Crippen LogP contribution in [-0.2, 0) is 9.84 Å². The molecule has 0 N–H and O–H groups in total. The van der Waals surface area contributed by atoms with Crippen molar-refractivity contribution in [3.63, 3.8) is 0 Å². The zero-order valence-corrected chi connectivity index (χ0v) is 15.4. The Morgan fingerprint density at radius 2 is 1.12 bits per heavy atom. The molecular weight excluding hydrogens is 356 g/mol. The van der Waals surface area contributed by atoms with Gasteiger partial charge in [-0.15, -0.1) is 0 Å². The van der Waals surface area contributed by atoms with Crippen molar-refractivity contribution in [1.29, 1.82) is 0 Å². The molecule has 0 radical (unpaired) electrons. The summed E-state index contributed by atoms with van der Waals surface area (Å²) in [5, 5.41) is 0. The molecule has 0 aliphatic carbocycles. The molecule has 1 aromatic rings. The third kappa shape index (κ3) is 6.96. The van der Waals surface area contributed by atoms with Crippen LogP contribution in [0.15, 0.2) is 11.0 Å². The minimum Gasteiger partial charge on any atom is -0.223 e.